The van der Waals surface area contributed by atoms with E-state index in [4.69, 9.17) is 14.2 Å². The molecule has 0 aliphatic carbocycles. The quantitative estimate of drug-likeness (QED) is 0.663. The number of piperidine rings is 1. The highest BCUT2D eigenvalue weighted by atomic mass is 16.5. The van der Waals surface area contributed by atoms with E-state index in [0.29, 0.717) is 19.3 Å². The lowest BCUT2D eigenvalue weighted by Crippen LogP contribution is -2.50. The van der Waals surface area contributed by atoms with Crippen LogP contribution in [0.5, 0.6) is 0 Å². The summed E-state index contributed by atoms with van der Waals surface area (Å²) in [7, 11) is 0. The van der Waals surface area contributed by atoms with E-state index in [-0.39, 0.29) is 5.60 Å². The van der Waals surface area contributed by atoms with E-state index in [1.807, 2.05) is 13.1 Å². The van der Waals surface area contributed by atoms with Crippen molar-refractivity contribution >= 4 is 0 Å². The summed E-state index contributed by atoms with van der Waals surface area (Å²) in [6, 6.07) is 0. The predicted molar refractivity (Wildman–Crippen MR) is 101 cm³/mol. The molecule has 3 rings (SSSR count). The molecule has 1 unspecified atom stereocenters. The first-order valence-electron chi connectivity index (χ1n) is 10.2. The molecule has 0 bridgehead atoms. The van der Waals surface area contributed by atoms with E-state index in [0.717, 1.165) is 65.1 Å². The molecule has 2 aliphatic rings. The topological polar surface area (TPSA) is 48.8 Å². The van der Waals surface area contributed by atoms with Gasteiger partial charge in [0.05, 0.1) is 31.1 Å². The number of likely N-dealkylation sites (tertiary alicyclic amines) is 1. The zero-order valence-electron chi connectivity index (χ0n) is 16.7. The summed E-state index contributed by atoms with van der Waals surface area (Å²) in [5.74, 6) is 0. The highest BCUT2D eigenvalue weighted by molar-refractivity contribution is 5.16. The van der Waals surface area contributed by atoms with Gasteiger partial charge in [-0.25, -0.2) is 0 Å². The van der Waals surface area contributed by atoms with Crippen LogP contribution >= 0.6 is 0 Å². The summed E-state index contributed by atoms with van der Waals surface area (Å²) in [4.78, 5) is 2.54. The van der Waals surface area contributed by atoms with Crippen LogP contribution in [0, 0.1) is 6.92 Å². The molecule has 0 amide bonds. The molecule has 6 nitrogen and oxygen atoms in total. The molecule has 0 aromatic carbocycles. The van der Waals surface area contributed by atoms with Gasteiger partial charge >= 0.3 is 0 Å². The summed E-state index contributed by atoms with van der Waals surface area (Å²) < 4.78 is 19.8. The van der Waals surface area contributed by atoms with Gasteiger partial charge in [-0.15, -0.1) is 0 Å². The van der Waals surface area contributed by atoms with Gasteiger partial charge < -0.3 is 14.2 Å². The minimum atomic E-state index is 0.0215. The van der Waals surface area contributed by atoms with Crippen molar-refractivity contribution in [1.29, 1.82) is 0 Å². The van der Waals surface area contributed by atoms with Crippen molar-refractivity contribution in [3.05, 3.63) is 17.5 Å². The molecule has 1 atom stereocenters. The Balaban J connectivity index is 1.46. The van der Waals surface area contributed by atoms with Gasteiger partial charge in [-0.3, -0.25) is 9.58 Å². The molecule has 6 heteroatoms. The minimum Gasteiger partial charge on any atom is -0.379 e. The number of aryl methyl sites for hydroxylation is 1. The van der Waals surface area contributed by atoms with Crippen LogP contribution in [0.1, 0.15) is 50.8 Å². The summed E-state index contributed by atoms with van der Waals surface area (Å²) in [5.41, 5.74) is 2.67. The second kappa shape index (κ2) is 9.31. The Hall–Kier alpha value is -0.950. The van der Waals surface area contributed by atoms with Gasteiger partial charge in [0.25, 0.3) is 0 Å². The predicted octanol–water partition coefficient (Wildman–Crippen LogP) is 2.78. The van der Waals surface area contributed by atoms with Crippen molar-refractivity contribution < 1.29 is 14.2 Å². The number of ether oxygens (including phenoxy) is 3. The normalized spacial score (nSPS) is 23.6. The first-order valence-corrected chi connectivity index (χ1v) is 10.2. The van der Waals surface area contributed by atoms with Gasteiger partial charge in [0, 0.05) is 57.1 Å². The molecule has 0 saturated carbocycles. The Morgan fingerprint density at radius 3 is 2.77 bits per heavy atom. The third-order valence-electron chi connectivity index (χ3n) is 5.90. The van der Waals surface area contributed by atoms with Crippen molar-refractivity contribution in [3.63, 3.8) is 0 Å². The van der Waals surface area contributed by atoms with Crippen LogP contribution in [0.4, 0.5) is 0 Å². The summed E-state index contributed by atoms with van der Waals surface area (Å²) in [6.07, 6.45) is 6.58. The maximum atomic E-state index is 6.25. The van der Waals surface area contributed by atoms with Gasteiger partial charge in [0.15, 0.2) is 0 Å². The van der Waals surface area contributed by atoms with Crippen LogP contribution in [0.3, 0.4) is 0 Å². The zero-order chi connectivity index (χ0) is 18.4. The Bertz CT molecular complexity index is 552. The van der Waals surface area contributed by atoms with Crippen molar-refractivity contribution in [2.75, 3.05) is 39.5 Å². The number of rotatable bonds is 8. The lowest BCUT2D eigenvalue weighted by Gasteiger charge is -2.46. The van der Waals surface area contributed by atoms with Gasteiger partial charge in [-0.2, -0.15) is 5.10 Å². The molecule has 1 aromatic heterocycles. The average Bonchev–Trinajstić information content (AvgIpc) is 3.01. The lowest BCUT2D eigenvalue weighted by molar-refractivity contribution is -0.158. The maximum Gasteiger partial charge on any atom is 0.0731 e. The number of hydrogen-bond acceptors (Lipinski definition) is 5. The van der Waals surface area contributed by atoms with E-state index >= 15 is 0 Å². The monoisotopic (exact) mass is 365 g/mol. The third-order valence-corrected chi connectivity index (χ3v) is 5.90. The fourth-order valence-electron chi connectivity index (χ4n) is 4.21. The molecule has 2 aliphatic heterocycles. The largest absolute Gasteiger partial charge is 0.379 e. The Morgan fingerprint density at radius 1 is 1.27 bits per heavy atom. The van der Waals surface area contributed by atoms with Crippen LogP contribution in [-0.2, 0) is 27.3 Å². The van der Waals surface area contributed by atoms with E-state index in [9.17, 15) is 0 Å². The standard InChI is InChI=1S/C20H35N3O3/c1-4-23-17(3)18(15-21-23)16-22-9-7-20(8-10-22)14-19(6-11-26-20)25-13-12-24-5-2/h15,19H,4-14,16H2,1-3H3. The molecule has 1 aromatic rings. The average molecular weight is 366 g/mol. The Kier molecular flexibility index (Phi) is 7.09. The first-order chi connectivity index (χ1) is 12.7. The number of hydrogen-bond donors (Lipinski definition) is 0. The molecule has 1 spiro atoms. The van der Waals surface area contributed by atoms with E-state index < -0.39 is 0 Å². The molecule has 2 saturated heterocycles. The van der Waals surface area contributed by atoms with E-state index in [2.05, 4.69) is 28.5 Å². The summed E-state index contributed by atoms with van der Waals surface area (Å²) in [5, 5.41) is 4.47. The number of nitrogens with zero attached hydrogens (tertiary/aromatic N) is 3. The first kappa shape index (κ1) is 19.8. The van der Waals surface area contributed by atoms with E-state index in [1.54, 1.807) is 0 Å². The minimum absolute atomic E-state index is 0.0215. The fraction of sp³-hybridized carbons (Fsp3) is 0.850. The number of aromatic nitrogens is 2. The second-order valence-corrected chi connectivity index (χ2v) is 7.56. The molecular weight excluding hydrogens is 330 g/mol. The van der Waals surface area contributed by atoms with Crippen molar-refractivity contribution in [2.45, 2.75) is 71.2 Å². The molecule has 2 fully saturated rings. The van der Waals surface area contributed by atoms with Crippen molar-refractivity contribution in [1.82, 2.24) is 14.7 Å². The molecule has 26 heavy (non-hydrogen) atoms. The smallest absolute Gasteiger partial charge is 0.0731 e. The van der Waals surface area contributed by atoms with Gasteiger partial charge in [0.1, 0.15) is 0 Å². The highest BCUT2D eigenvalue weighted by Crippen LogP contribution is 2.36. The molecular formula is C20H35N3O3. The van der Waals surface area contributed by atoms with Crippen LogP contribution in [0.2, 0.25) is 0 Å². The fourth-order valence-corrected chi connectivity index (χ4v) is 4.21. The van der Waals surface area contributed by atoms with Crippen LogP contribution in [0.25, 0.3) is 0 Å². The van der Waals surface area contributed by atoms with Crippen LogP contribution in [0.15, 0.2) is 6.20 Å². The van der Waals surface area contributed by atoms with Crippen LogP contribution < -0.4 is 0 Å². The molecule has 3 heterocycles. The SMILES string of the molecule is CCOCCOC1CCOC2(CCN(Cc3cnn(CC)c3C)CC2)C1. The van der Waals surface area contributed by atoms with Gasteiger partial charge in [-0.1, -0.05) is 0 Å². The second-order valence-electron chi connectivity index (χ2n) is 7.56. The summed E-state index contributed by atoms with van der Waals surface area (Å²) in [6.45, 7) is 13.4. The lowest BCUT2D eigenvalue weighted by atomic mass is 9.83. The molecule has 148 valence electrons. The Labute approximate surface area is 157 Å². The van der Waals surface area contributed by atoms with Crippen molar-refractivity contribution in [2.24, 2.45) is 0 Å². The zero-order valence-corrected chi connectivity index (χ0v) is 16.7. The van der Waals surface area contributed by atoms with Crippen molar-refractivity contribution in [3.8, 4) is 0 Å². The molecule has 0 N–H and O–H groups in total. The maximum absolute atomic E-state index is 6.25. The third kappa shape index (κ3) is 4.85. The Morgan fingerprint density at radius 2 is 2.08 bits per heavy atom. The van der Waals surface area contributed by atoms with Gasteiger partial charge in [-0.05, 0) is 40.0 Å². The van der Waals surface area contributed by atoms with Crippen LogP contribution in [-0.4, -0.2) is 65.9 Å². The van der Waals surface area contributed by atoms with E-state index in [1.165, 1.54) is 11.3 Å². The summed E-state index contributed by atoms with van der Waals surface area (Å²) >= 11 is 0. The van der Waals surface area contributed by atoms with Gasteiger partial charge in [0.2, 0.25) is 0 Å². The highest BCUT2D eigenvalue weighted by Gasteiger charge is 2.40. The molecule has 0 radical (unpaired) electrons.